The van der Waals surface area contributed by atoms with Crippen molar-refractivity contribution in [3.63, 3.8) is 0 Å². The smallest absolute Gasteiger partial charge is 0.192 e. The summed E-state index contributed by atoms with van der Waals surface area (Å²) in [7, 11) is 0. The Balaban J connectivity index is 1.75. The number of aliphatic imine (C=N–C) groups is 1. The second-order valence-corrected chi connectivity index (χ2v) is 7.10. The summed E-state index contributed by atoms with van der Waals surface area (Å²) >= 11 is 1.72. The molecule has 0 fully saturated rings. The standard InChI is InChI=1S/C18H24N4OS/c1-4-19-18(20-11-17-12(2)21-13(3)24-17)22-15-9-10-23-16-8-6-5-7-14(15)16/h5-8,15H,4,9-11H2,1-3H3,(H2,19,20,22). The number of guanidine groups is 1. The zero-order chi connectivity index (χ0) is 16.9. The van der Waals surface area contributed by atoms with Crippen LogP contribution in [0, 0.1) is 13.8 Å². The second-order valence-electron chi connectivity index (χ2n) is 5.81. The van der Waals surface area contributed by atoms with Crippen molar-refractivity contribution >= 4 is 17.3 Å². The van der Waals surface area contributed by atoms with Crippen LogP contribution in [0.5, 0.6) is 5.75 Å². The molecule has 1 aliphatic heterocycles. The average Bonchev–Trinajstić information content (AvgIpc) is 2.91. The van der Waals surface area contributed by atoms with E-state index in [9.17, 15) is 0 Å². The van der Waals surface area contributed by atoms with E-state index in [0.717, 1.165) is 42.0 Å². The molecule has 6 heteroatoms. The number of nitrogens with one attached hydrogen (secondary N) is 2. The van der Waals surface area contributed by atoms with Crippen LogP contribution in [0.25, 0.3) is 0 Å². The van der Waals surface area contributed by atoms with Gasteiger partial charge in [0.15, 0.2) is 5.96 Å². The van der Waals surface area contributed by atoms with Crippen LogP contribution >= 0.6 is 11.3 Å². The average molecular weight is 344 g/mol. The minimum Gasteiger partial charge on any atom is -0.493 e. The molecule has 2 heterocycles. The summed E-state index contributed by atoms with van der Waals surface area (Å²) in [6.45, 7) is 8.37. The Morgan fingerprint density at radius 3 is 2.96 bits per heavy atom. The van der Waals surface area contributed by atoms with Crippen LogP contribution in [0.15, 0.2) is 29.3 Å². The van der Waals surface area contributed by atoms with Gasteiger partial charge in [0.2, 0.25) is 0 Å². The van der Waals surface area contributed by atoms with E-state index < -0.39 is 0 Å². The first kappa shape index (κ1) is 16.8. The number of benzene rings is 1. The number of hydrogen-bond donors (Lipinski definition) is 2. The lowest BCUT2D eigenvalue weighted by molar-refractivity contribution is 0.261. The summed E-state index contributed by atoms with van der Waals surface area (Å²) in [6.07, 6.45) is 0.931. The van der Waals surface area contributed by atoms with E-state index in [-0.39, 0.29) is 6.04 Å². The predicted molar refractivity (Wildman–Crippen MR) is 98.8 cm³/mol. The van der Waals surface area contributed by atoms with Crippen molar-refractivity contribution in [3.05, 3.63) is 45.4 Å². The van der Waals surface area contributed by atoms with Gasteiger partial charge in [0.1, 0.15) is 5.75 Å². The summed E-state index contributed by atoms with van der Waals surface area (Å²) in [5, 5.41) is 7.98. The van der Waals surface area contributed by atoms with E-state index in [1.165, 1.54) is 10.4 Å². The van der Waals surface area contributed by atoms with Crippen molar-refractivity contribution in [1.82, 2.24) is 15.6 Å². The predicted octanol–water partition coefficient (Wildman–Crippen LogP) is 3.34. The van der Waals surface area contributed by atoms with E-state index in [0.29, 0.717) is 6.54 Å². The Morgan fingerprint density at radius 1 is 1.38 bits per heavy atom. The van der Waals surface area contributed by atoms with E-state index >= 15 is 0 Å². The Morgan fingerprint density at radius 2 is 2.21 bits per heavy atom. The van der Waals surface area contributed by atoms with Crippen LogP contribution < -0.4 is 15.4 Å². The van der Waals surface area contributed by atoms with Gasteiger partial charge in [-0.1, -0.05) is 18.2 Å². The maximum absolute atomic E-state index is 5.74. The zero-order valence-corrected chi connectivity index (χ0v) is 15.2. The van der Waals surface area contributed by atoms with Gasteiger partial charge in [0.25, 0.3) is 0 Å². The minimum atomic E-state index is 0.219. The molecule has 2 aromatic rings. The van der Waals surface area contributed by atoms with Gasteiger partial charge in [-0.3, -0.25) is 0 Å². The third kappa shape index (κ3) is 3.87. The van der Waals surface area contributed by atoms with Gasteiger partial charge in [-0.05, 0) is 26.8 Å². The highest BCUT2D eigenvalue weighted by atomic mass is 32.1. The maximum Gasteiger partial charge on any atom is 0.192 e. The van der Waals surface area contributed by atoms with Crippen molar-refractivity contribution < 1.29 is 4.74 Å². The van der Waals surface area contributed by atoms with Crippen LogP contribution in [0.2, 0.25) is 0 Å². The molecule has 3 rings (SSSR count). The van der Waals surface area contributed by atoms with Crippen LogP contribution in [0.1, 0.15) is 40.5 Å². The fourth-order valence-electron chi connectivity index (χ4n) is 2.85. The normalized spacial score (nSPS) is 17.1. The number of fused-ring (bicyclic) bond motifs is 1. The Kier molecular flexibility index (Phi) is 5.35. The lowest BCUT2D eigenvalue weighted by atomic mass is 10.0. The highest BCUT2D eigenvalue weighted by molar-refractivity contribution is 7.11. The number of aryl methyl sites for hydroxylation is 2. The van der Waals surface area contributed by atoms with Gasteiger partial charge in [0, 0.05) is 23.4 Å². The van der Waals surface area contributed by atoms with Crippen LogP contribution in [-0.4, -0.2) is 24.1 Å². The van der Waals surface area contributed by atoms with Crippen molar-refractivity contribution in [2.24, 2.45) is 4.99 Å². The number of nitrogens with zero attached hydrogens (tertiary/aromatic N) is 2. The molecule has 128 valence electrons. The topological polar surface area (TPSA) is 58.5 Å². The van der Waals surface area contributed by atoms with E-state index in [1.54, 1.807) is 11.3 Å². The summed E-state index contributed by atoms with van der Waals surface area (Å²) < 4.78 is 5.74. The van der Waals surface area contributed by atoms with Gasteiger partial charge >= 0.3 is 0 Å². The van der Waals surface area contributed by atoms with E-state index in [4.69, 9.17) is 9.73 Å². The third-order valence-corrected chi connectivity index (χ3v) is 5.05. The first-order valence-electron chi connectivity index (χ1n) is 8.37. The quantitative estimate of drug-likeness (QED) is 0.660. The number of rotatable bonds is 4. The number of para-hydroxylation sites is 1. The largest absolute Gasteiger partial charge is 0.493 e. The highest BCUT2D eigenvalue weighted by Crippen LogP contribution is 2.31. The maximum atomic E-state index is 5.74. The summed E-state index contributed by atoms with van der Waals surface area (Å²) in [6, 6.07) is 8.42. The molecule has 5 nitrogen and oxygen atoms in total. The second kappa shape index (κ2) is 7.66. The minimum absolute atomic E-state index is 0.219. The fourth-order valence-corrected chi connectivity index (χ4v) is 3.71. The summed E-state index contributed by atoms with van der Waals surface area (Å²) in [5.74, 6) is 1.80. The van der Waals surface area contributed by atoms with Crippen LogP contribution in [0.4, 0.5) is 0 Å². The lowest BCUT2D eigenvalue weighted by Crippen LogP contribution is -2.41. The summed E-state index contributed by atoms with van der Waals surface area (Å²) in [5.41, 5.74) is 2.27. The van der Waals surface area contributed by atoms with Gasteiger partial charge in [-0.25, -0.2) is 9.98 Å². The summed E-state index contributed by atoms with van der Waals surface area (Å²) in [4.78, 5) is 10.4. The number of hydrogen-bond acceptors (Lipinski definition) is 4. The fraction of sp³-hybridized carbons (Fsp3) is 0.444. The first-order chi connectivity index (χ1) is 11.7. The van der Waals surface area contributed by atoms with Crippen molar-refractivity contribution in [3.8, 4) is 5.75 Å². The highest BCUT2D eigenvalue weighted by Gasteiger charge is 2.21. The van der Waals surface area contributed by atoms with E-state index in [2.05, 4.69) is 34.7 Å². The number of ether oxygens (including phenoxy) is 1. The third-order valence-electron chi connectivity index (χ3n) is 3.99. The Labute approximate surface area is 147 Å². The lowest BCUT2D eigenvalue weighted by Gasteiger charge is -2.28. The molecule has 1 aromatic carbocycles. The van der Waals surface area contributed by atoms with Gasteiger partial charge in [0.05, 0.1) is 29.9 Å². The van der Waals surface area contributed by atoms with Gasteiger partial charge in [-0.2, -0.15) is 0 Å². The molecule has 0 spiro atoms. The van der Waals surface area contributed by atoms with Crippen molar-refractivity contribution in [1.29, 1.82) is 0 Å². The van der Waals surface area contributed by atoms with Crippen LogP contribution in [-0.2, 0) is 6.54 Å². The van der Waals surface area contributed by atoms with E-state index in [1.807, 2.05) is 26.0 Å². The molecular weight excluding hydrogens is 320 g/mol. The van der Waals surface area contributed by atoms with Crippen molar-refractivity contribution in [2.75, 3.05) is 13.2 Å². The molecule has 0 saturated carbocycles. The molecule has 0 bridgehead atoms. The molecular formula is C18H24N4OS. The molecule has 0 radical (unpaired) electrons. The first-order valence-corrected chi connectivity index (χ1v) is 9.18. The van der Waals surface area contributed by atoms with Crippen molar-refractivity contribution in [2.45, 2.75) is 39.8 Å². The molecule has 24 heavy (non-hydrogen) atoms. The SMILES string of the molecule is CCNC(=NCc1sc(C)nc1C)NC1CCOc2ccccc21. The Bertz CT molecular complexity index is 726. The molecule has 1 aromatic heterocycles. The number of aromatic nitrogens is 1. The monoisotopic (exact) mass is 344 g/mol. The molecule has 1 unspecified atom stereocenters. The molecule has 0 amide bonds. The Hall–Kier alpha value is -2.08. The molecule has 0 aliphatic carbocycles. The zero-order valence-electron chi connectivity index (χ0n) is 14.4. The number of thiazole rings is 1. The van der Waals surface area contributed by atoms with Crippen LogP contribution in [0.3, 0.4) is 0 Å². The molecule has 1 aliphatic rings. The molecule has 1 atom stereocenters. The van der Waals surface area contributed by atoms with Gasteiger partial charge in [-0.15, -0.1) is 11.3 Å². The van der Waals surface area contributed by atoms with Gasteiger partial charge < -0.3 is 15.4 Å². The molecule has 2 N–H and O–H groups in total. The molecule has 0 saturated heterocycles.